The van der Waals surface area contributed by atoms with Gasteiger partial charge in [-0.05, 0) is 26.8 Å². The number of fused-ring (bicyclic) bond motifs is 1. The van der Waals surface area contributed by atoms with Crippen LogP contribution in [0.2, 0.25) is 0 Å². The monoisotopic (exact) mass is 380 g/mol. The summed E-state index contributed by atoms with van der Waals surface area (Å²) in [7, 11) is 0. The van der Waals surface area contributed by atoms with E-state index in [-0.39, 0.29) is 30.9 Å². The van der Waals surface area contributed by atoms with Crippen LogP contribution in [0.1, 0.15) is 27.2 Å². The first-order chi connectivity index (χ1) is 12.6. The van der Waals surface area contributed by atoms with E-state index in [0.29, 0.717) is 11.0 Å². The number of hydrogen-bond acceptors (Lipinski definition) is 6. The Morgan fingerprint density at radius 3 is 2.78 bits per heavy atom. The third-order valence-electron chi connectivity index (χ3n) is 4.12. The molecule has 2 atom stereocenters. The fraction of sp³-hybridized carbons (Fsp3) is 0.500. The predicted molar refractivity (Wildman–Crippen MR) is 94.6 cm³/mol. The molecule has 1 aliphatic heterocycles. The summed E-state index contributed by atoms with van der Waals surface area (Å²) in [6, 6.07) is 4.16. The summed E-state index contributed by atoms with van der Waals surface area (Å²) in [6.45, 7) is 5.31. The number of furan rings is 1. The molecule has 0 N–H and O–H groups in total. The Bertz CT molecular complexity index is 859. The zero-order valence-electron chi connectivity index (χ0n) is 15.3. The number of carbonyl (C=O) groups excluding carboxylic acids is 1. The molecule has 1 aromatic carbocycles. The van der Waals surface area contributed by atoms with Crippen LogP contribution in [0, 0.1) is 10.1 Å². The number of alkyl halides is 1. The molecule has 0 radical (unpaired) electrons. The number of nitrogens with zero attached hydrogens (tertiary/aromatic N) is 2. The summed E-state index contributed by atoms with van der Waals surface area (Å²) in [5, 5.41) is 11.6. The molecule has 8 nitrogen and oxygen atoms in total. The van der Waals surface area contributed by atoms with Gasteiger partial charge < -0.3 is 18.8 Å². The van der Waals surface area contributed by atoms with Gasteiger partial charge in [0.25, 0.3) is 5.69 Å². The highest BCUT2D eigenvalue weighted by molar-refractivity contribution is 5.85. The van der Waals surface area contributed by atoms with Crippen molar-refractivity contribution in [3.63, 3.8) is 0 Å². The van der Waals surface area contributed by atoms with Gasteiger partial charge in [0.15, 0.2) is 17.5 Å². The molecule has 1 amide bonds. The molecule has 2 heterocycles. The summed E-state index contributed by atoms with van der Waals surface area (Å²) >= 11 is 0. The van der Waals surface area contributed by atoms with Crippen molar-refractivity contribution in [1.29, 1.82) is 0 Å². The maximum Gasteiger partial charge on any atom is 0.410 e. The largest absolute Gasteiger partial charge is 0.483 e. The third kappa shape index (κ3) is 4.29. The van der Waals surface area contributed by atoms with Crippen LogP contribution in [-0.2, 0) is 4.74 Å². The van der Waals surface area contributed by atoms with Crippen LogP contribution in [0.5, 0.6) is 5.75 Å². The average molecular weight is 380 g/mol. The number of hydrogen-bond donors (Lipinski definition) is 0. The zero-order chi connectivity index (χ0) is 19.8. The number of ether oxygens (including phenoxy) is 2. The van der Waals surface area contributed by atoms with Gasteiger partial charge in [-0.2, -0.15) is 0 Å². The van der Waals surface area contributed by atoms with E-state index in [2.05, 4.69) is 0 Å². The first-order valence-electron chi connectivity index (χ1n) is 8.58. The Kier molecular flexibility index (Phi) is 4.95. The van der Waals surface area contributed by atoms with E-state index in [1.54, 1.807) is 26.8 Å². The molecular weight excluding hydrogens is 359 g/mol. The molecule has 1 aliphatic rings. The molecule has 0 aliphatic carbocycles. The second kappa shape index (κ2) is 7.05. The minimum atomic E-state index is -1.46. The van der Waals surface area contributed by atoms with Crippen molar-refractivity contribution < 1.29 is 28.0 Å². The van der Waals surface area contributed by atoms with Gasteiger partial charge in [-0.25, -0.2) is 9.18 Å². The summed E-state index contributed by atoms with van der Waals surface area (Å²) < 4.78 is 30.9. The van der Waals surface area contributed by atoms with E-state index in [4.69, 9.17) is 13.9 Å². The molecule has 27 heavy (non-hydrogen) atoms. The van der Waals surface area contributed by atoms with Crippen LogP contribution in [0.4, 0.5) is 14.9 Å². The molecule has 1 fully saturated rings. The quantitative estimate of drug-likeness (QED) is 0.588. The van der Waals surface area contributed by atoms with E-state index in [1.807, 2.05) is 0 Å². The zero-order valence-corrected chi connectivity index (χ0v) is 15.3. The Balaban J connectivity index is 1.73. The van der Waals surface area contributed by atoms with Crippen LogP contribution >= 0.6 is 0 Å². The minimum Gasteiger partial charge on any atom is -0.483 e. The van der Waals surface area contributed by atoms with Gasteiger partial charge in [0.05, 0.1) is 23.8 Å². The molecule has 146 valence electrons. The summed E-state index contributed by atoms with van der Waals surface area (Å²) in [6.07, 6.45) is -1.27. The van der Waals surface area contributed by atoms with Gasteiger partial charge in [-0.15, -0.1) is 0 Å². The van der Waals surface area contributed by atoms with Gasteiger partial charge in [0.2, 0.25) is 0 Å². The molecule has 1 saturated heterocycles. The van der Waals surface area contributed by atoms with Crippen molar-refractivity contribution >= 4 is 22.7 Å². The third-order valence-corrected chi connectivity index (χ3v) is 4.12. The Morgan fingerprint density at radius 2 is 2.15 bits per heavy atom. The summed E-state index contributed by atoms with van der Waals surface area (Å²) in [5.74, 6) is 0.113. The van der Waals surface area contributed by atoms with Crippen LogP contribution in [0.25, 0.3) is 11.0 Å². The minimum absolute atomic E-state index is 0.113. The van der Waals surface area contributed by atoms with Gasteiger partial charge in [-0.1, -0.05) is 0 Å². The first kappa shape index (κ1) is 18.9. The number of carbonyl (C=O) groups is 1. The van der Waals surface area contributed by atoms with Crippen molar-refractivity contribution in [3.8, 4) is 5.75 Å². The number of piperidine rings is 1. The maximum absolute atomic E-state index is 14.6. The maximum atomic E-state index is 14.6. The Hall–Kier alpha value is -2.84. The predicted octanol–water partition coefficient (Wildman–Crippen LogP) is 4.07. The van der Waals surface area contributed by atoms with E-state index in [1.165, 1.54) is 23.3 Å². The lowest BCUT2D eigenvalue weighted by Gasteiger charge is -2.35. The number of amides is 1. The number of benzene rings is 1. The molecule has 0 spiro atoms. The number of nitro benzene ring substituents is 1. The van der Waals surface area contributed by atoms with Crippen molar-refractivity contribution in [2.24, 2.45) is 0 Å². The number of non-ortho nitro benzene ring substituents is 1. The average Bonchev–Trinajstić information content (AvgIpc) is 3.03. The highest BCUT2D eigenvalue weighted by Gasteiger charge is 2.35. The molecule has 0 saturated carbocycles. The number of likely N-dealkylation sites (tertiary alicyclic amines) is 1. The lowest BCUT2D eigenvalue weighted by molar-refractivity contribution is -0.384. The lowest BCUT2D eigenvalue weighted by Crippen LogP contribution is -2.50. The van der Waals surface area contributed by atoms with Crippen molar-refractivity contribution in [1.82, 2.24) is 4.90 Å². The van der Waals surface area contributed by atoms with Crippen molar-refractivity contribution in [2.75, 3.05) is 13.1 Å². The SMILES string of the molecule is CC(C)(C)OC(=O)N1CC[C@@H](Oc2cc([N+](=O)[O-])cc3ccoc23)[C@H](F)C1. The second-order valence-electron chi connectivity index (χ2n) is 7.43. The number of nitro groups is 1. The summed E-state index contributed by atoms with van der Waals surface area (Å²) in [4.78, 5) is 23.9. The molecule has 0 unspecified atom stereocenters. The molecular formula is C18H21FN2O6. The van der Waals surface area contributed by atoms with Crippen LogP contribution < -0.4 is 4.74 Å². The number of rotatable bonds is 3. The molecule has 9 heteroatoms. The molecule has 2 aromatic rings. The fourth-order valence-corrected chi connectivity index (χ4v) is 2.90. The highest BCUT2D eigenvalue weighted by Crippen LogP contribution is 2.34. The normalized spacial score (nSPS) is 20.5. The standard InChI is InChI=1S/C18H21FN2O6/c1-18(2,3)27-17(22)20-6-4-14(13(19)10-20)26-15-9-12(21(23)24)8-11-5-7-25-16(11)15/h5,7-9,13-14H,4,6,10H2,1-3H3/t13-,14-/m1/s1. The Morgan fingerprint density at radius 1 is 1.41 bits per heavy atom. The van der Waals surface area contributed by atoms with E-state index < -0.39 is 28.9 Å². The molecule has 0 bridgehead atoms. The van der Waals surface area contributed by atoms with E-state index in [0.717, 1.165) is 0 Å². The molecule has 1 aromatic heterocycles. The van der Waals surface area contributed by atoms with Gasteiger partial charge in [-0.3, -0.25) is 10.1 Å². The van der Waals surface area contributed by atoms with E-state index in [9.17, 15) is 19.3 Å². The number of halogens is 1. The Labute approximate surface area is 155 Å². The van der Waals surface area contributed by atoms with Crippen LogP contribution in [0.15, 0.2) is 28.9 Å². The van der Waals surface area contributed by atoms with Crippen LogP contribution in [-0.4, -0.2) is 46.9 Å². The second-order valence-corrected chi connectivity index (χ2v) is 7.43. The lowest BCUT2D eigenvalue weighted by atomic mass is 10.1. The van der Waals surface area contributed by atoms with E-state index >= 15 is 0 Å². The smallest absolute Gasteiger partial charge is 0.410 e. The highest BCUT2D eigenvalue weighted by atomic mass is 19.1. The topological polar surface area (TPSA) is 95.0 Å². The molecule has 3 rings (SSSR count). The van der Waals surface area contributed by atoms with Gasteiger partial charge >= 0.3 is 6.09 Å². The summed E-state index contributed by atoms with van der Waals surface area (Å²) in [5.41, 5.74) is -0.507. The van der Waals surface area contributed by atoms with Crippen molar-refractivity contribution in [3.05, 3.63) is 34.6 Å². The first-order valence-corrected chi connectivity index (χ1v) is 8.58. The van der Waals surface area contributed by atoms with Gasteiger partial charge in [0, 0.05) is 24.4 Å². The van der Waals surface area contributed by atoms with Crippen molar-refractivity contribution in [2.45, 2.75) is 45.1 Å². The van der Waals surface area contributed by atoms with Gasteiger partial charge in [0.1, 0.15) is 11.7 Å². The van der Waals surface area contributed by atoms with Crippen LogP contribution in [0.3, 0.4) is 0 Å². The fourth-order valence-electron chi connectivity index (χ4n) is 2.90.